The highest BCUT2D eigenvalue weighted by Gasteiger charge is 2.18. The van der Waals surface area contributed by atoms with Gasteiger partial charge in [0.15, 0.2) is 5.82 Å². The van der Waals surface area contributed by atoms with Gasteiger partial charge < -0.3 is 24.1 Å². The summed E-state index contributed by atoms with van der Waals surface area (Å²) in [6.07, 6.45) is 3.08. The van der Waals surface area contributed by atoms with Gasteiger partial charge in [0, 0.05) is 30.9 Å². The Hall–Kier alpha value is -4.74. The van der Waals surface area contributed by atoms with Crippen molar-refractivity contribution >= 4 is 17.7 Å². The maximum Gasteiger partial charge on any atom is 0.397 e. The van der Waals surface area contributed by atoms with Gasteiger partial charge in [0.2, 0.25) is 5.82 Å². The lowest BCUT2D eigenvalue weighted by molar-refractivity contribution is 0.0470. The van der Waals surface area contributed by atoms with Gasteiger partial charge in [-0.15, -0.1) is 0 Å². The lowest BCUT2D eigenvalue weighted by Gasteiger charge is -2.14. The Labute approximate surface area is 206 Å². The molecule has 0 radical (unpaired) electrons. The minimum atomic E-state index is -0.706. The fourth-order valence-corrected chi connectivity index (χ4v) is 3.08. The molecule has 0 aliphatic carbocycles. The highest BCUT2D eigenvalue weighted by atomic mass is 16.6. The van der Waals surface area contributed by atoms with Crippen molar-refractivity contribution in [1.82, 2.24) is 24.9 Å². The van der Waals surface area contributed by atoms with Crippen LogP contribution in [-0.4, -0.2) is 49.5 Å². The van der Waals surface area contributed by atoms with Crippen LogP contribution in [0.15, 0.2) is 53.3 Å². The topological polar surface area (TPSA) is 143 Å². The van der Waals surface area contributed by atoms with Crippen molar-refractivity contribution in [2.75, 3.05) is 11.9 Å². The Morgan fingerprint density at radius 1 is 1.11 bits per heavy atom. The van der Waals surface area contributed by atoms with Crippen LogP contribution in [0.3, 0.4) is 0 Å². The van der Waals surface area contributed by atoms with Gasteiger partial charge >= 0.3 is 11.9 Å². The Bertz CT molecular complexity index is 1360. The number of anilines is 1. The molecule has 1 N–H and O–H groups in total. The lowest BCUT2D eigenvalue weighted by atomic mass is 10.2. The number of pyridine rings is 1. The maximum absolute atomic E-state index is 12.8. The van der Waals surface area contributed by atoms with Crippen molar-refractivity contribution in [2.24, 2.45) is 7.05 Å². The molecular weight excluding hydrogens is 468 g/mol. The van der Waals surface area contributed by atoms with E-state index in [1.54, 1.807) is 61.2 Å². The zero-order valence-electron chi connectivity index (χ0n) is 20.1. The van der Waals surface area contributed by atoms with E-state index in [0.717, 1.165) is 0 Å². The number of nitrogens with one attached hydrogen (secondary N) is 1. The highest BCUT2D eigenvalue weighted by molar-refractivity contribution is 6.04. The molecule has 12 heteroatoms. The number of ether oxygens (including phenoxy) is 3. The van der Waals surface area contributed by atoms with Gasteiger partial charge in [0.25, 0.3) is 5.91 Å². The zero-order chi connectivity index (χ0) is 25.7. The first-order valence-corrected chi connectivity index (χ1v) is 11.1. The molecule has 0 saturated carbocycles. The molecule has 0 bridgehead atoms. The van der Waals surface area contributed by atoms with Gasteiger partial charge in [-0.3, -0.25) is 9.48 Å². The second-order valence-corrected chi connectivity index (χ2v) is 7.81. The monoisotopic (exact) mass is 492 g/mol. The molecule has 3 aromatic heterocycles. The van der Waals surface area contributed by atoms with Crippen LogP contribution in [0.2, 0.25) is 0 Å². The highest BCUT2D eigenvalue weighted by Crippen LogP contribution is 2.29. The number of aromatic nitrogens is 5. The summed E-state index contributed by atoms with van der Waals surface area (Å²) in [7, 11) is 1.76. The van der Waals surface area contributed by atoms with Crippen LogP contribution in [0.5, 0.6) is 17.2 Å². The SMILES string of the molecule is CCOC(=O)c1nc(-c2ccc(Oc3cc(OC(C)C)cc(C(=O)Nc4ccn(C)n4)c3)cn2)no1. The molecule has 0 aliphatic rings. The van der Waals surface area contributed by atoms with Crippen molar-refractivity contribution in [3.05, 3.63) is 60.2 Å². The Morgan fingerprint density at radius 3 is 2.58 bits per heavy atom. The van der Waals surface area contributed by atoms with Crippen LogP contribution in [-0.2, 0) is 11.8 Å². The molecule has 1 aromatic carbocycles. The van der Waals surface area contributed by atoms with Crippen molar-refractivity contribution in [1.29, 1.82) is 0 Å². The fraction of sp³-hybridized carbons (Fsp3) is 0.250. The van der Waals surface area contributed by atoms with Crippen molar-refractivity contribution in [3.63, 3.8) is 0 Å². The quantitative estimate of drug-likeness (QED) is 0.342. The lowest BCUT2D eigenvalue weighted by Crippen LogP contribution is -2.13. The largest absolute Gasteiger partial charge is 0.491 e. The van der Waals surface area contributed by atoms with E-state index in [9.17, 15) is 9.59 Å². The molecule has 0 atom stereocenters. The first kappa shape index (κ1) is 24.4. The molecule has 36 heavy (non-hydrogen) atoms. The minimum Gasteiger partial charge on any atom is -0.491 e. The van der Waals surface area contributed by atoms with E-state index in [1.165, 1.54) is 6.20 Å². The number of rotatable bonds is 9. The van der Waals surface area contributed by atoms with Crippen molar-refractivity contribution in [2.45, 2.75) is 26.9 Å². The number of esters is 1. The fourth-order valence-electron chi connectivity index (χ4n) is 3.08. The van der Waals surface area contributed by atoms with Crippen LogP contribution >= 0.6 is 0 Å². The van der Waals surface area contributed by atoms with Gasteiger partial charge in [-0.2, -0.15) is 10.1 Å². The van der Waals surface area contributed by atoms with E-state index < -0.39 is 5.97 Å². The third-order valence-corrected chi connectivity index (χ3v) is 4.55. The average molecular weight is 492 g/mol. The maximum atomic E-state index is 12.8. The number of hydrogen-bond donors (Lipinski definition) is 1. The summed E-state index contributed by atoms with van der Waals surface area (Å²) in [5.74, 6) is 0.462. The van der Waals surface area contributed by atoms with Gasteiger partial charge in [0.05, 0.1) is 18.9 Å². The number of amides is 1. The van der Waals surface area contributed by atoms with Crippen LogP contribution in [0, 0.1) is 0 Å². The van der Waals surface area contributed by atoms with Crippen LogP contribution in [0.25, 0.3) is 11.5 Å². The van der Waals surface area contributed by atoms with E-state index in [4.69, 9.17) is 18.7 Å². The number of carbonyl (C=O) groups excluding carboxylic acids is 2. The summed E-state index contributed by atoms with van der Waals surface area (Å²) >= 11 is 0. The summed E-state index contributed by atoms with van der Waals surface area (Å²) in [5.41, 5.74) is 0.700. The van der Waals surface area contributed by atoms with Crippen LogP contribution in [0.4, 0.5) is 5.82 Å². The number of nitrogens with zero attached hydrogens (tertiary/aromatic N) is 5. The standard InChI is InChI=1S/C24H24N6O6/c1-5-33-24(32)23-27-21(29-36-23)19-7-6-16(13-25-19)35-18-11-15(10-17(12-18)34-14(2)3)22(31)26-20-8-9-30(4)28-20/h6-14H,5H2,1-4H3,(H,26,28,31). The second-order valence-electron chi connectivity index (χ2n) is 7.81. The molecule has 12 nitrogen and oxygen atoms in total. The molecule has 4 aromatic rings. The molecule has 0 fully saturated rings. The van der Waals surface area contributed by atoms with Crippen molar-refractivity contribution in [3.8, 4) is 28.8 Å². The Balaban J connectivity index is 1.52. The van der Waals surface area contributed by atoms with Gasteiger partial charge in [0.1, 0.15) is 22.9 Å². The molecule has 1 amide bonds. The third kappa shape index (κ3) is 6.03. The smallest absolute Gasteiger partial charge is 0.397 e. The number of benzene rings is 1. The molecule has 3 heterocycles. The van der Waals surface area contributed by atoms with Gasteiger partial charge in [-0.05, 0) is 45.0 Å². The molecule has 4 rings (SSSR count). The molecule has 0 aliphatic heterocycles. The van der Waals surface area contributed by atoms with E-state index in [2.05, 4.69) is 25.5 Å². The Morgan fingerprint density at radius 2 is 1.92 bits per heavy atom. The predicted octanol–water partition coefficient (Wildman–Crippen LogP) is 3.87. The molecular formula is C24H24N6O6. The first-order valence-electron chi connectivity index (χ1n) is 11.1. The van der Waals surface area contributed by atoms with Gasteiger partial charge in [-0.25, -0.2) is 9.78 Å². The Kier molecular flexibility index (Phi) is 7.23. The number of aryl methyl sites for hydroxylation is 1. The summed E-state index contributed by atoms with van der Waals surface area (Å²) in [4.78, 5) is 32.8. The summed E-state index contributed by atoms with van der Waals surface area (Å²) < 4.78 is 23.1. The van der Waals surface area contributed by atoms with E-state index >= 15 is 0 Å². The molecule has 0 unspecified atom stereocenters. The minimum absolute atomic E-state index is 0.109. The second kappa shape index (κ2) is 10.7. The number of hydrogen-bond acceptors (Lipinski definition) is 10. The third-order valence-electron chi connectivity index (χ3n) is 4.55. The summed E-state index contributed by atoms with van der Waals surface area (Å²) in [6.45, 7) is 5.64. The van der Waals surface area contributed by atoms with Gasteiger partial charge in [-0.1, -0.05) is 5.16 Å². The molecule has 0 spiro atoms. The molecule has 186 valence electrons. The number of carbonyl (C=O) groups is 2. The normalized spacial score (nSPS) is 10.8. The van der Waals surface area contributed by atoms with E-state index in [1.807, 2.05) is 13.8 Å². The summed E-state index contributed by atoms with van der Waals surface area (Å²) in [5, 5.41) is 10.7. The predicted molar refractivity (Wildman–Crippen MR) is 127 cm³/mol. The van der Waals surface area contributed by atoms with E-state index in [0.29, 0.717) is 34.3 Å². The van der Waals surface area contributed by atoms with Crippen molar-refractivity contribution < 1.29 is 28.3 Å². The average Bonchev–Trinajstić information content (AvgIpc) is 3.48. The zero-order valence-corrected chi connectivity index (χ0v) is 20.1. The van der Waals surface area contributed by atoms with Crippen LogP contribution in [0.1, 0.15) is 41.8 Å². The molecule has 0 saturated heterocycles. The summed E-state index contributed by atoms with van der Waals surface area (Å²) in [6, 6.07) is 9.84. The van der Waals surface area contributed by atoms with E-state index in [-0.39, 0.29) is 30.3 Å². The first-order chi connectivity index (χ1) is 17.3. The van der Waals surface area contributed by atoms with Crippen LogP contribution < -0.4 is 14.8 Å².